The number of hydrogen-bond donors (Lipinski definition) is 0. The Labute approximate surface area is 66.9 Å². The molecule has 0 aromatic heterocycles. The van der Waals surface area contributed by atoms with Gasteiger partial charge < -0.3 is 4.74 Å². The minimum atomic E-state index is 0.00993. The van der Waals surface area contributed by atoms with Crippen molar-refractivity contribution >= 4 is 5.97 Å². The predicted molar refractivity (Wildman–Crippen MR) is 41.0 cm³/mol. The highest BCUT2D eigenvalue weighted by molar-refractivity contribution is 5.83. The average Bonchev–Trinajstić information content (AvgIpc) is 2.65. The maximum atomic E-state index is 11.2. The molecule has 11 heavy (non-hydrogen) atoms. The summed E-state index contributed by atoms with van der Waals surface area (Å²) in [5, 5.41) is 0. The molecule has 1 heterocycles. The minimum Gasteiger partial charge on any atom is -0.465 e. The normalized spacial score (nSPS) is 40.1. The van der Waals surface area contributed by atoms with E-state index >= 15 is 0 Å². The molecule has 0 aromatic carbocycles. The van der Waals surface area contributed by atoms with Crippen LogP contribution in [0.25, 0.3) is 0 Å². The van der Waals surface area contributed by atoms with Crippen LogP contribution < -0.4 is 0 Å². The Kier molecular flexibility index (Phi) is 1.44. The number of esters is 1. The zero-order valence-corrected chi connectivity index (χ0v) is 6.93. The van der Waals surface area contributed by atoms with E-state index in [2.05, 4.69) is 6.92 Å². The molecule has 1 aliphatic carbocycles. The first-order valence-electron chi connectivity index (χ1n) is 4.47. The van der Waals surface area contributed by atoms with Gasteiger partial charge in [-0.05, 0) is 12.8 Å². The lowest BCUT2D eigenvalue weighted by atomic mass is 9.98. The summed E-state index contributed by atoms with van der Waals surface area (Å²) in [6, 6.07) is 0. The fourth-order valence-electron chi connectivity index (χ4n) is 2.07. The van der Waals surface area contributed by atoms with E-state index in [1.807, 2.05) is 0 Å². The zero-order chi connectivity index (χ0) is 7.90. The number of ether oxygens (including phenoxy) is 1. The van der Waals surface area contributed by atoms with Gasteiger partial charge in [0.05, 0.1) is 12.0 Å². The molecule has 0 spiro atoms. The lowest BCUT2D eigenvalue weighted by Crippen LogP contribution is -2.13. The third kappa shape index (κ3) is 0.883. The molecule has 0 amide bonds. The molecular weight excluding hydrogens is 140 g/mol. The van der Waals surface area contributed by atoms with Gasteiger partial charge in [0, 0.05) is 5.92 Å². The van der Waals surface area contributed by atoms with Crippen molar-refractivity contribution in [2.75, 3.05) is 6.61 Å². The van der Waals surface area contributed by atoms with Crippen LogP contribution >= 0.6 is 0 Å². The van der Waals surface area contributed by atoms with E-state index in [0.717, 1.165) is 12.8 Å². The van der Waals surface area contributed by atoms with Crippen LogP contribution in [0.4, 0.5) is 0 Å². The number of hydrogen-bond acceptors (Lipinski definition) is 2. The molecule has 0 radical (unpaired) electrons. The fourth-order valence-corrected chi connectivity index (χ4v) is 2.07. The van der Waals surface area contributed by atoms with E-state index in [-0.39, 0.29) is 11.4 Å². The largest absolute Gasteiger partial charge is 0.465 e. The Morgan fingerprint density at radius 3 is 3.00 bits per heavy atom. The van der Waals surface area contributed by atoms with Crippen LogP contribution in [0.3, 0.4) is 0 Å². The number of carbonyl (C=O) groups excluding carboxylic acids is 1. The highest BCUT2D eigenvalue weighted by Gasteiger charge is 2.64. The van der Waals surface area contributed by atoms with Crippen LogP contribution in [-0.2, 0) is 9.53 Å². The van der Waals surface area contributed by atoms with Gasteiger partial charge in [-0.2, -0.15) is 0 Å². The maximum absolute atomic E-state index is 11.2. The van der Waals surface area contributed by atoms with Crippen molar-refractivity contribution in [3.05, 3.63) is 0 Å². The summed E-state index contributed by atoms with van der Waals surface area (Å²) < 4.78 is 4.98. The Bertz CT molecular complexity index is 188. The molecule has 0 bridgehead atoms. The van der Waals surface area contributed by atoms with Crippen LogP contribution in [-0.4, -0.2) is 12.6 Å². The standard InChI is InChI=1S/C9H14O2/c1-2-3-4-9-5-7(9)6-11-8(9)10/h7H,2-6H2,1H3. The first-order valence-corrected chi connectivity index (χ1v) is 4.47. The molecule has 2 rings (SSSR count). The summed E-state index contributed by atoms with van der Waals surface area (Å²) in [6.07, 6.45) is 4.52. The van der Waals surface area contributed by atoms with Gasteiger partial charge in [0.1, 0.15) is 0 Å². The monoisotopic (exact) mass is 154 g/mol. The van der Waals surface area contributed by atoms with Gasteiger partial charge in [0.25, 0.3) is 0 Å². The van der Waals surface area contributed by atoms with Crippen LogP contribution in [0.5, 0.6) is 0 Å². The van der Waals surface area contributed by atoms with Crippen molar-refractivity contribution in [3.63, 3.8) is 0 Å². The van der Waals surface area contributed by atoms with Crippen LogP contribution in [0.2, 0.25) is 0 Å². The molecule has 0 aromatic rings. The van der Waals surface area contributed by atoms with Crippen molar-refractivity contribution in [3.8, 4) is 0 Å². The molecule has 2 nitrogen and oxygen atoms in total. The van der Waals surface area contributed by atoms with E-state index in [4.69, 9.17) is 4.74 Å². The second kappa shape index (κ2) is 2.23. The molecule has 2 aliphatic rings. The average molecular weight is 154 g/mol. The van der Waals surface area contributed by atoms with Crippen LogP contribution in [0, 0.1) is 11.3 Å². The summed E-state index contributed by atoms with van der Waals surface area (Å²) in [5.74, 6) is 0.664. The second-order valence-electron chi connectivity index (χ2n) is 3.76. The molecule has 2 atom stereocenters. The molecule has 0 N–H and O–H groups in total. The van der Waals surface area contributed by atoms with E-state index in [1.165, 1.54) is 12.8 Å². The van der Waals surface area contributed by atoms with Gasteiger partial charge in [-0.1, -0.05) is 19.8 Å². The summed E-state index contributed by atoms with van der Waals surface area (Å²) in [4.78, 5) is 11.2. The number of unbranched alkanes of at least 4 members (excludes halogenated alkanes) is 1. The molecule has 62 valence electrons. The Hall–Kier alpha value is -0.530. The molecule has 2 fully saturated rings. The topological polar surface area (TPSA) is 26.3 Å². The SMILES string of the molecule is CCCCC12CC1COC2=O. The van der Waals surface area contributed by atoms with Gasteiger partial charge in [-0.15, -0.1) is 0 Å². The Morgan fingerprint density at radius 1 is 1.73 bits per heavy atom. The number of rotatable bonds is 3. The molecule has 1 saturated heterocycles. The highest BCUT2D eigenvalue weighted by atomic mass is 16.5. The van der Waals surface area contributed by atoms with Gasteiger partial charge in [-0.3, -0.25) is 4.79 Å². The van der Waals surface area contributed by atoms with Gasteiger partial charge in [0.2, 0.25) is 0 Å². The lowest BCUT2D eigenvalue weighted by Gasteiger charge is -2.06. The molecule has 2 unspecified atom stereocenters. The molecule has 1 aliphatic heterocycles. The van der Waals surface area contributed by atoms with Crippen LogP contribution in [0.1, 0.15) is 32.6 Å². The second-order valence-corrected chi connectivity index (χ2v) is 3.76. The number of fused-ring (bicyclic) bond motifs is 1. The van der Waals surface area contributed by atoms with Gasteiger partial charge >= 0.3 is 5.97 Å². The van der Waals surface area contributed by atoms with Crippen molar-refractivity contribution < 1.29 is 9.53 Å². The number of cyclic esters (lactones) is 1. The quantitative estimate of drug-likeness (QED) is 0.579. The van der Waals surface area contributed by atoms with Crippen molar-refractivity contribution in [2.24, 2.45) is 11.3 Å². The van der Waals surface area contributed by atoms with Crippen LogP contribution in [0.15, 0.2) is 0 Å². The van der Waals surface area contributed by atoms with E-state index in [1.54, 1.807) is 0 Å². The summed E-state index contributed by atoms with van der Waals surface area (Å²) in [5.41, 5.74) is 0.00993. The number of carbonyl (C=O) groups is 1. The summed E-state index contributed by atoms with van der Waals surface area (Å²) in [7, 11) is 0. The van der Waals surface area contributed by atoms with Gasteiger partial charge in [0.15, 0.2) is 0 Å². The first kappa shape index (κ1) is 7.14. The fraction of sp³-hybridized carbons (Fsp3) is 0.889. The minimum absolute atomic E-state index is 0.00993. The van der Waals surface area contributed by atoms with E-state index in [9.17, 15) is 4.79 Å². The van der Waals surface area contributed by atoms with Crippen molar-refractivity contribution in [1.82, 2.24) is 0 Å². The summed E-state index contributed by atoms with van der Waals surface area (Å²) >= 11 is 0. The van der Waals surface area contributed by atoms with E-state index < -0.39 is 0 Å². The Balaban J connectivity index is 1.96. The van der Waals surface area contributed by atoms with Crippen molar-refractivity contribution in [1.29, 1.82) is 0 Å². The molecule has 2 heteroatoms. The maximum Gasteiger partial charge on any atom is 0.312 e. The predicted octanol–water partition coefficient (Wildman–Crippen LogP) is 1.74. The van der Waals surface area contributed by atoms with Crippen molar-refractivity contribution in [2.45, 2.75) is 32.6 Å². The highest BCUT2D eigenvalue weighted by Crippen LogP contribution is 2.60. The smallest absolute Gasteiger partial charge is 0.312 e. The zero-order valence-electron chi connectivity index (χ0n) is 6.93. The summed E-state index contributed by atoms with van der Waals surface area (Å²) in [6.45, 7) is 2.86. The third-order valence-corrected chi connectivity index (χ3v) is 3.03. The lowest BCUT2D eigenvalue weighted by molar-refractivity contribution is -0.145. The first-order chi connectivity index (χ1) is 5.29. The Morgan fingerprint density at radius 2 is 2.55 bits per heavy atom. The van der Waals surface area contributed by atoms with Gasteiger partial charge in [-0.25, -0.2) is 0 Å². The van der Waals surface area contributed by atoms with E-state index in [0.29, 0.717) is 12.5 Å². The third-order valence-electron chi connectivity index (χ3n) is 3.03. The molecular formula is C9H14O2. The molecule has 1 saturated carbocycles.